The van der Waals surface area contributed by atoms with Gasteiger partial charge in [0.15, 0.2) is 6.23 Å². The Morgan fingerprint density at radius 3 is 2.44 bits per heavy atom. The Morgan fingerprint density at radius 2 is 1.76 bits per heavy atom. The Kier molecular flexibility index (Phi) is 9.77. The first kappa shape index (κ1) is 35.1. The summed E-state index contributed by atoms with van der Waals surface area (Å²) >= 11 is 13.8. The lowest BCUT2D eigenvalue weighted by Crippen LogP contribution is -2.46. The van der Waals surface area contributed by atoms with Gasteiger partial charge >= 0.3 is 12.2 Å². The van der Waals surface area contributed by atoms with Gasteiger partial charge in [-0.3, -0.25) is 19.6 Å². The van der Waals surface area contributed by atoms with E-state index < -0.39 is 24.1 Å². The zero-order valence-corrected chi connectivity index (χ0v) is 28.4. The topological polar surface area (TPSA) is 145 Å². The molecule has 0 radical (unpaired) electrons. The van der Waals surface area contributed by atoms with Crippen LogP contribution in [0.25, 0.3) is 22.4 Å². The number of alkyl halides is 3. The molecule has 2 aromatic carbocycles. The average molecular weight is 732 g/mol. The monoisotopic (exact) mass is 730 g/mol. The predicted octanol–water partition coefficient (Wildman–Crippen LogP) is 6.14. The van der Waals surface area contributed by atoms with Gasteiger partial charge in [-0.1, -0.05) is 53.5 Å². The number of nitrogens with one attached hydrogen (secondary N) is 3. The first-order valence-electron chi connectivity index (χ1n) is 15.3. The molecule has 2 aliphatic heterocycles. The fourth-order valence-electron chi connectivity index (χ4n) is 5.86. The molecular formula is C33H31Cl2F3N8O4. The molecule has 3 amide bonds. The number of pyridine rings is 1. The number of aromatic nitrogens is 3. The minimum Gasteiger partial charge on any atom is -0.480 e. The highest BCUT2D eigenvalue weighted by Gasteiger charge is 2.40. The number of urea groups is 1. The van der Waals surface area contributed by atoms with Crippen LogP contribution in [0.3, 0.4) is 0 Å². The van der Waals surface area contributed by atoms with Crippen molar-refractivity contribution in [3.05, 3.63) is 75.7 Å². The van der Waals surface area contributed by atoms with Crippen LogP contribution in [0.2, 0.25) is 10.0 Å². The van der Waals surface area contributed by atoms with Crippen LogP contribution in [0.4, 0.5) is 35.2 Å². The van der Waals surface area contributed by atoms with Crippen LogP contribution in [0, 0.1) is 0 Å². The second kappa shape index (κ2) is 13.9. The molecule has 0 aliphatic carbocycles. The molecule has 2 aliphatic rings. The van der Waals surface area contributed by atoms with Crippen molar-refractivity contribution < 1.29 is 32.6 Å². The van der Waals surface area contributed by atoms with Crippen molar-refractivity contribution >= 4 is 52.3 Å². The smallest absolute Gasteiger partial charge is 0.433 e. The molecular weight excluding hydrogens is 700 g/mol. The standard InChI is InChI=1S/C33H31Cl2F3N8O4/c1-45-23-12-24(33(36,37)38)44-29(26(23)31(48)46(2)32(45)49)42-20-9-5-7-18(28(20)35)17-6-4-8-19(27(17)34)21-15-40-22(30(43-21)50-3)14-39-13-16-10-11-25(47)41-16/h4-9,12,15-16,31,39,48H,10-11,13-14H2,1-3H3,(H,41,47)(H,42,44). The number of halogens is 5. The highest BCUT2D eigenvalue weighted by atomic mass is 35.5. The van der Waals surface area contributed by atoms with Crippen molar-refractivity contribution in [1.29, 1.82) is 0 Å². The van der Waals surface area contributed by atoms with Gasteiger partial charge in [-0.2, -0.15) is 13.2 Å². The summed E-state index contributed by atoms with van der Waals surface area (Å²) in [6, 6.07) is 10.2. The minimum absolute atomic E-state index is 0.0350. The van der Waals surface area contributed by atoms with Gasteiger partial charge in [0.1, 0.15) is 17.2 Å². The zero-order chi connectivity index (χ0) is 35.9. The molecule has 6 rings (SSSR count). The van der Waals surface area contributed by atoms with E-state index in [1.54, 1.807) is 36.5 Å². The molecule has 12 nitrogen and oxygen atoms in total. The number of carbonyl (C=O) groups is 2. The summed E-state index contributed by atoms with van der Waals surface area (Å²) in [5, 5.41) is 20.3. The van der Waals surface area contributed by atoms with Crippen LogP contribution in [0.1, 0.15) is 36.0 Å². The summed E-state index contributed by atoms with van der Waals surface area (Å²) in [5.74, 6) is -0.0153. The van der Waals surface area contributed by atoms with E-state index in [0.29, 0.717) is 47.6 Å². The van der Waals surface area contributed by atoms with E-state index in [4.69, 9.17) is 27.9 Å². The van der Waals surface area contributed by atoms with Gasteiger partial charge < -0.3 is 25.8 Å². The number of hydrogen-bond donors (Lipinski definition) is 4. The van der Waals surface area contributed by atoms with Crippen molar-refractivity contribution in [3.8, 4) is 28.3 Å². The highest BCUT2D eigenvalue weighted by molar-refractivity contribution is 6.39. The summed E-state index contributed by atoms with van der Waals surface area (Å²) in [6.07, 6.45) is -3.61. The van der Waals surface area contributed by atoms with Crippen LogP contribution in [0.5, 0.6) is 5.88 Å². The summed E-state index contributed by atoms with van der Waals surface area (Å²) in [7, 11) is 4.10. The van der Waals surface area contributed by atoms with Gasteiger partial charge in [-0.15, -0.1) is 0 Å². The number of aliphatic hydroxyl groups excluding tert-OH is 1. The molecule has 1 fully saturated rings. The van der Waals surface area contributed by atoms with Gasteiger partial charge in [0, 0.05) is 56.3 Å². The largest absolute Gasteiger partial charge is 0.480 e. The molecule has 17 heteroatoms. The highest BCUT2D eigenvalue weighted by Crippen LogP contribution is 2.45. The third kappa shape index (κ3) is 6.73. The Hall–Kier alpha value is -4.70. The third-order valence-corrected chi connectivity index (χ3v) is 9.31. The van der Waals surface area contributed by atoms with Crippen molar-refractivity contribution in [2.24, 2.45) is 0 Å². The number of nitrogens with zero attached hydrogens (tertiary/aromatic N) is 5. The molecule has 2 aromatic heterocycles. The SMILES string of the molecule is COc1nc(-c2cccc(-c3cccc(Nc4nc(C(F)(F)F)cc5c4C(O)N(C)C(=O)N5C)c3Cl)c2Cl)cnc1CNCC1CCC(=O)N1. The molecule has 4 N–H and O–H groups in total. The van der Waals surface area contributed by atoms with Crippen LogP contribution < -0.4 is 25.6 Å². The van der Waals surface area contributed by atoms with Crippen LogP contribution >= 0.6 is 23.2 Å². The molecule has 4 heterocycles. The lowest BCUT2D eigenvalue weighted by Gasteiger charge is -2.37. The van der Waals surface area contributed by atoms with Crippen LogP contribution in [-0.2, 0) is 17.5 Å². The molecule has 2 atom stereocenters. The molecule has 50 heavy (non-hydrogen) atoms. The van der Waals surface area contributed by atoms with Gasteiger partial charge in [-0.05, 0) is 18.6 Å². The Bertz CT molecular complexity index is 1980. The normalized spacial score (nSPS) is 17.5. The van der Waals surface area contributed by atoms with E-state index in [9.17, 15) is 27.9 Å². The fraction of sp³-hybridized carbons (Fsp3) is 0.303. The number of carbonyl (C=O) groups excluding carboxylic acids is 2. The van der Waals surface area contributed by atoms with E-state index >= 15 is 0 Å². The molecule has 0 saturated carbocycles. The molecule has 4 aromatic rings. The quantitative estimate of drug-likeness (QED) is 0.160. The number of fused-ring (bicyclic) bond motifs is 1. The molecule has 2 unspecified atom stereocenters. The number of methoxy groups -OCH3 is 1. The van der Waals surface area contributed by atoms with E-state index in [1.165, 1.54) is 27.3 Å². The van der Waals surface area contributed by atoms with Gasteiger partial charge in [0.05, 0.1) is 46.0 Å². The lowest BCUT2D eigenvalue weighted by molar-refractivity contribution is -0.141. The Labute approximate surface area is 294 Å². The van der Waals surface area contributed by atoms with Gasteiger partial charge in [0.25, 0.3) is 0 Å². The zero-order valence-electron chi connectivity index (χ0n) is 26.9. The fourth-order valence-corrected chi connectivity index (χ4v) is 6.46. The molecule has 0 bridgehead atoms. The Morgan fingerprint density at radius 1 is 1.06 bits per heavy atom. The predicted molar refractivity (Wildman–Crippen MR) is 181 cm³/mol. The van der Waals surface area contributed by atoms with Gasteiger partial charge in [-0.25, -0.2) is 14.8 Å². The first-order chi connectivity index (χ1) is 23.8. The van der Waals surface area contributed by atoms with Crippen molar-refractivity contribution in [3.63, 3.8) is 0 Å². The first-order valence-corrected chi connectivity index (χ1v) is 16.1. The van der Waals surface area contributed by atoms with Crippen LogP contribution in [0.15, 0.2) is 48.7 Å². The number of anilines is 3. The van der Waals surface area contributed by atoms with E-state index in [1.807, 2.05) is 0 Å². The van der Waals surface area contributed by atoms with Crippen molar-refractivity contribution in [1.82, 2.24) is 30.5 Å². The number of benzene rings is 2. The molecule has 1 saturated heterocycles. The number of aliphatic hydroxyl groups is 1. The summed E-state index contributed by atoms with van der Waals surface area (Å²) in [6.45, 7) is 0.928. The molecule has 0 spiro atoms. The minimum atomic E-state index is -4.85. The third-order valence-electron chi connectivity index (χ3n) is 8.49. The Balaban J connectivity index is 1.32. The van der Waals surface area contributed by atoms with E-state index in [0.717, 1.165) is 22.3 Å². The second-order valence-corrected chi connectivity index (χ2v) is 12.5. The number of amides is 3. The van der Waals surface area contributed by atoms with Crippen LogP contribution in [-0.4, -0.2) is 70.7 Å². The number of hydrogen-bond acceptors (Lipinski definition) is 9. The molecule has 262 valence electrons. The van der Waals surface area contributed by atoms with Crippen molar-refractivity contribution in [2.45, 2.75) is 37.8 Å². The van der Waals surface area contributed by atoms with Crippen molar-refractivity contribution in [2.75, 3.05) is 38.0 Å². The summed E-state index contributed by atoms with van der Waals surface area (Å²) in [4.78, 5) is 39.0. The van der Waals surface area contributed by atoms with Gasteiger partial charge in [0.2, 0.25) is 11.8 Å². The lowest BCUT2D eigenvalue weighted by atomic mass is 10.0. The second-order valence-electron chi connectivity index (χ2n) is 11.7. The summed E-state index contributed by atoms with van der Waals surface area (Å²) < 4.78 is 47.3. The van der Waals surface area contributed by atoms with E-state index in [2.05, 4.69) is 30.9 Å². The summed E-state index contributed by atoms with van der Waals surface area (Å²) in [5.41, 5.74) is 1.14. The maximum atomic E-state index is 13.9. The average Bonchev–Trinajstić information content (AvgIpc) is 3.51. The van der Waals surface area contributed by atoms with E-state index in [-0.39, 0.29) is 50.6 Å². The number of ether oxygens (including phenoxy) is 1. The number of rotatable bonds is 9. The maximum absolute atomic E-state index is 13.9. The maximum Gasteiger partial charge on any atom is 0.433 e.